The van der Waals surface area contributed by atoms with Gasteiger partial charge < -0.3 is 4.90 Å². The molecular weight excluding hydrogens is 138 g/mol. The molecular formula is C9H15NO. The molecule has 1 fully saturated rings. The predicted molar refractivity (Wildman–Crippen MR) is 45.2 cm³/mol. The number of ketones is 1. The van der Waals surface area contributed by atoms with Gasteiger partial charge in [-0.3, -0.25) is 4.79 Å². The second-order valence-corrected chi connectivity index (χ2v) is 3.02. The molecule has 2 nitrogen and oxygen atoms in total. The Bertz CT molecular complexity index is 186. The van der Waals surface area contributed by atoms with Gasteiger partial charge in [0.1, 0.15) is 0 Å². The summed E-state index contributed by atoms with van der Waals surface area (Å²) in [5, 5.41) is 0. The van der Waals surface area contributed by atoms with Crippen LogP contribution < -0.4 is 0 Å². The molecule has 62 valence electrons. The molecule has 0 aromatic heterocycles. The van der Waals surface area contributed by atoms with E-state index in [2.05, 4.69) is 18.4 Å². The lowest BCUT2D eigenvalue weighted by Crippen LogP contribution is -2.33. The maximum atomic E-state index is 11.1. The summed E-state index contributed by atoms with van der Waals surface area (Å²) in [6, 6.07) is 0.118. The molecule has 1 atom stereocenters. The first-order valence-electron chi connectivity index (χ1n) is 4.11. The fourth-order valence-corrected chi connectivity index (χ4v) is 1.69. The van der Waals surface area contributed by atoms with Crippen LogP contribution in [0, 0.1) is 0 Å². The third-order valence-electron chi connectivity index (χ3n) is 2.30. The number of rotatable bonds is 2. The van der Waals surface area contributed by atoms with E-state index in [4.69, 9.17) is 0 Å². The molecule has 0 N–H and O–H groups in total. The van der Waals surface area contributed by atoms with Crippen molar-refractivity contribution in [3.8, 4) is 0 Å². The van der Waals surface area contributed by atoms with Crippen molar-refractivity contribution in [3.63, 3.8) is 0 Å². The molecule has 0 amide bonds. The Kier molecular flexibility index (Phi) is 2.32. The lowest BCUT2D eigenvalue weighted by atomic mass is 10.1. The summed E-state index contributed by atoms with van der Waals surface area (Å²) >= 11 is 0. The third-order valence-corrected chi connectivity index (χ3v) is 2.30. The fourth-order valence-electron chi connectivity index (χ4n) is 1.69. The van der Waals surface area contributed by atoms with Crippen molar-refractivity contribution in [2.75, 3.05) is 6.54 Å². The summed E-state index contributed by atoms with van der Waals surface area (Å²) in [6.45, 7) is 8.54. The van der Waals surface area contributed by atoms with Crippen LogP contribution in [-0.4, -0.2) is 23.3 Å². The number of hydrogen-bond donors (Lipinski definition) is 0. The monoisotopic (exact) mass is 153 g/mol. The van der Waals surface area contributed by atoms with Crippen LogP contribution in [0.5, 0.6) is 0 Å². The van der Waals surface area contributed by atoms with Gasteiger partial charge in [0.05, 0.1) is 6.04 Å². The van der Waals surface area contributed by atoms with E-state index in [-0.39, 0.29) is 11.8 Å². The van der Waals surface area contributed by atoms with Gasteiger partial charge in [0.2, 0.25) is 0 Å². The van der Waals surface area contributed by atoms with Gasteiger partial charge >= 0.3 is 0 Å². The molecule has 0 saturated carbocycles. The van der Waals surface area contributed by atoms with E-state index < -0.39 is 0 Å². The zero-order chi connectivity index (χ0) is 8.43. The van der Waals surface area contributed by atoms with E-state index >= 15 is 0 Å². The number of allylic oxidation sites excluding steroid dienone is 1. The van der Waals surface area contributed by atoms with Gasteiger partial charge in [0.25, 0.3) is 0 Å². The summed E-state index contributed by atoms with van der Waals surface area (Å²) in [6.07, 6.45) is 1.94. The standard InChI is InChI=1S/C9H15NO/c1-4-10-7(2)5-6-9(10)8(3)11/h9H,2,4-6H2,1,3H3. The minimum Gasteiger partial charge on any atom is -0.366 e. The van der Waals surface area contributed by atoms with E-state index in [1.807, 2.05) is 0 Å². The van der Waals surface area contributed by atoms with Crippen LogP contribution in [-0.2, 0) is 4.79 Å². The van der Waals surface area contributed by atoms with E-state index in [9.17, 15) is 4.79 Å². The van der Waals surface area contributed by atoms with Crippen LogP contribution in [0.2, 0.25) is 0 Å². The molecule has 1 aliphatic heterocycles. The van der Waals surface area contributed by atoms with Crippen molar-refractivity contribution >= 4 is 5.78 Å². The van der Waals surface area contributed by atoms with Gasteiger partial charge in [-0.05, 0) is 26.7 Å². The quantitative estimate of drug-likeness (QED) is 0.600. The molecule has 0 spiro atoms. The minimum absolute atomic E-state index is 0.118. The van der Waals surface area contributed by atoms with E-state index in [0.29, 0.717) is 0 Å². The molecule has 1 unspecified atom stereocenters. The summed E-state index contributed by atoms with van der Waals surface area (Å²) in [7, 11) is 0. The third kappa shape index (κ3) is 1.44. The van der Waals surface area contributed by atoms with Crippen LogP contribution in [0.3, 0.4) is 0 Å². The van der Waals surface area contributed by atoms with E-state index in [0.717, 1.165) is 25.1 Å². The Morgan fingerprint density at radius 3 is 2.82 bits per heavy atom. The van der Waals surface area contributed by atoms with Gasteiger partial charge in [0.15, 0.2) is 5.78 Å². The molecule has 1 saturated heterocycles. The first-order valence-corrected chi connectivity index (χ1v) is 4.11. The highest BCUT2D eigenvalue weighted by atomic mass is 16.1. The van der Waals surface area contributed by atoms with E-state index in [1.54, 1.807) is 6.92 Å². The van der Waals surface area contributed by atoms with Gasteiger partial charge in [-0.1, -0.05) is 6.58 Å². The predicted octanol–water partition coefficient (Wildman–Crippen LogP) is 1.57. The molecule has 11 heavy (non-hydrogen) atoms. The normalized spacial score (nSPS) is 24.4. The van der Waals surface area contributed by atoms with Crippen LogP contribution in [0.15, 0.2) is 12.3 Å². The number of Topliss-reactive ketones (excluding diaryl/α,β-unsaturated/α-hetero) is 1. The Labute approximate surface area is 67.9 Å². The molecule has 0 aromatic rings. The first kappa shape index (κ1) is 8.31. The minimum atomic E-state index is 0.118. The average Bonchev–Trinajstić information content (AvgIpc) is 2.30. The molecule has 0 bridgehead atoms. The number of likely N-dealkylation sites (N-methyl/N-ethyl adjacent to an activating group) is 1. The highest BCUT2D eigenvalue weighted by Crippen LogP contribution is 2.25. The highest BCUT2D eigenvalue weighted by Gasteiger charge is 2.28. The summed E-state index contributed by atoms with van der Waals surface area (Å²) in [4.78, 5) is 13.2. The molecule has 0 aromatic carbocycles. The Hall–Kier alpha value is -0.790. The second-order valence-electron chi connectivity index (χ2n) is 3.02. The zero-order valence-electron chi connectivity index (χ0n) is 7.26. The topological polar surface area (TPSA) is 20.3 Å². The molecule has 1 heterocycles. The van der Waals surface area contributed by atoms with Gasteiger partial charge in [-0.25, -0.2) is 0 Å². The van der Waals surface area contributed by atoms with Crippen LogP contribution in [0.1, 0.15) is 26.7 Å². The van der Waals surface area contributed by atoms with Crippen LogP contribution >= 0.6 is 0 Å². The fraction of sp³-hybridized carbons (Fsp3) is 0.667. The number of hydrogen-bond acceptors (Lipinski definition) is 2. The van der Waals surface area contributed by atoms with Crippen molar-refractivity contribution in [1.29, 1.82) is 0 Å². The molecule has 0 aliphatic carbocycles. The van der Waals surface area contributed by atoms with Crippen LogP contribution in [0.25, 0.3) is 0 Å². The van der Waals surface area contributed by atoms with Crippen LogP contribution in [0.4, 0.5) is 0 Å². The molecule has 1 aliphatic rings. The van der Waals surface area contributed by atoms with Gasteiger partial charge in [0, 0.05) is 12.2 Å². The van der Waals surface area contributed by atoms with Crippen molar-refractivity contribution in [1.82, 2.24) is 4.90 Å². The lowest BCUT2D eigenvalue weighted by molar-refractivity contribution is -0.120. The summed E-state index contributed by atoms with van der Waals surface area (Å²) < 4.78 is 0. The van der Waals surface area contributed by atoms with Crippen molar-refractivity contribution in [2.45, 2.75) is 32.7 Å². The second kappa shape index (κ2) is 3.07. The maximum absolute atomic E-state index is 11.1. The van der Waals surface area contributed by atoms with Crippen molar-refractivity contribution in [3.05, 3.63) is 12.3 Å². The summed E-state index contributed by atoms with van der Waals surface area (Å²) in [5.74, 6) is 0.269. The Morgan fingerprint density at radius 2 is 2.45 bits per heavy atom. The smallest absolute Gasteiger partial charge is 0.152 e. The van der Waals surface area contributed by atoms with E-state index in [1.165, 1.54) is 0 Å². The first-order chi connectivity index (χ1) is 5.16. The lowest BCUT2D eigenvalue weighted by Gasteiger charge is -2.23. The van der Waals surface area contributed by atoms with Gasteiger partial charge in [-0.15, -0.1) is 0 Å². The number of carbonyl (C=O) groups is 1. The van der Waals surface area contributed by atoms with Crippen molar-refractivity contribution < 1.29 is 4.79 Å². The zero-order valence-corrected chi connectivity index (χ0v) is 7.26. The SMILES string of the molecule is C=C1CCC(C(C)=O)N1CC. The Balaban J connectivity index is 2.68. The highest BCUT2D eigenvalue weighted by molar-refractivity contribution is 5.82. The Morgan fingerprint density at radius 1 is 1.82 bits per heavy atom. The van der Waals surface area contributed by atoms with Crippen molar-refractivity contribution in [2.24, 2.45) is 0 Å². The molecule has 2 heteroatoms. The largest absolute Gasteiger partial charge is 0.366 e. The summed E-state index contributed by atoms with van der Waals surface area (Å²) in [5.41, 5.74) is 1.12. The van der Waals surface area contributed by atoms with Gasteiger partial charge in [-0.2, -0.15) is 0 Å². The number of carbonyl (C=O) groups excluding carboxylic acids is 1. The molecule has 0 radical (unpaired) electrons. The maximum Gasteiger partial charge on any atom is 0.152 e. The average molecular weight is 153 g/mol. The molecule has 1 rings (SSSR count). The number of nitrogens with zero attached hydrogens (tertiary/aromatic N) is 1. The number of likely N-dealkylation sites (tertiary alicyclic amines) is 1.